The van der Waals surface area contributed by atoms with Crippen LogP contribution in [0.4, 0.5) is 0 Å². The van der Waals surface area contributed by atoms with Crippen LogP contribution in [0.5, 0.6) is 0 Å². The SMILES string of the molecule is CC(N)Cc1nc2c(s1)CCC(C)C2. The molecule has 0 aliphatic heterocycles. The van der Waals surface area contributed by atoms with E-state index in [0.29, 0.717) is 0 Å². The maximum Gasteiger partial charge on any atom is 0.0946 e. The van der Waals surface area contributed by atoms with Gasteiger partial charge in [0.1, 0.15) is 0 Å². The van der Waals surface area contributed by atoms with Gasteiger partial charge in [-0.3, -0.25) is 0 Å². The van der Waals surface area contributed by atoms with Gasteiger partial charge in [0.15, 0.2) is 0 Å². The minimum atomic E-state index is 0.236. The van der Waals surface area contributed by atoms with Gasteiger partial charge in [-0.15, -0.1) is 11.3 Å². The van der Waals surface area contributed by atoms with Crippen LogP contribution < -0.4 is 5.73 Å². The third kappa shape index (κ3) is 2.15. The Balaban J connectivity index is 2.15. The molecule has 0 saturated heterocycles. The van der Waals surface area contributed by atoms with Crippen LogP contribution >= 0.6 is 11.3 Å². The maximum atomic E-state index is 5.78. The van der Waals surface area contributed by atoms with Crippen LogP contribution in [-0.2, 0) is 19.3 Å². The van der Waals surface area contributed by atoms with Gasteiger partial charge >= 0.3 is 0 Å². The third-order valence-electron chi connectivity index (χ3n) is 2.73. The van der Waals surface area contributed by atoms with E-state index < -0.39 is 0 Å². The van der Waals surface area contributed by atoms with E-state index >= 15 is 0 Å². The number of aromatic nitrogens is 1. The Hall–Kier alpha value is -0.410. The normalized spacial score (nSPS) is 23.2. The van der Waals surface area contributed by atoms with Crippen LogP contribution in [0.3, 0.4) is 0 Å². The molecule has 1 aromatic rings. The molecule has 14 heavy (non-hydrogen) atoms. The predicted molar refractivity (Wildman–Crippen MR) is 60.7 cm³/mol. The van der Waals surface area contributed by atoms with E-state index in [1.165, 1.54) is 34.8 Å². The summed E-state index contributed by atoms with van der Waals surface area (Å²) in [6.45, 7) is 4.36. The van der Waals surface area contributed by atoms with Crippen molar-refractivity contribution < 1.29 is 0 Å². The van der Waals surface area contributed by atoms with Crippen molar-refractivity contribution in [3.63, 3.8) is 0 Å². The van der Waals surface area contributed by atoms with Crippen molar-refractivity contribution >= 4 is 11.3 Å². The molecule has 1 heterocycles. The summed E-state index contributed by atoms with van der Waals surface area (Å²) < 4.78 is 0. The second kappa shape index (κ2) is 3.99. The van der Waals surface area contributed by atoms with Gasteiger partial charge in [0.2, 0.25) is 0 Å². The molecule has 2 rings (SSSR count). The molecule has 1 aliphatic rings. The highest BCUT2D eigenvalue weighted by Gasteiger charge is 2.19. The summed E-state index contributed by atoms with van der Waals surface area (Å²) in [5.74, 6) is 0.813. The molecule has 0 aromatic carbocycles. The average Bonchev–Trinajstić information content (AvgIpc) is 2.44. The van der Waals surface area contributed by atoms with Crippen LogP contribution in [-0.4, -0.2) is 11.0 Å². The summed E-state index contributed by atoms with van der Waals surface area (Å²) in [5, 5.41) is 1.24. The summed E-state index contributed by atoms with van der Waals surface area (Å²) in [6, 6.07) is 0.236. The Labute approximate surface area is 89.5 Å². The van der Waals surface area contributed by atoms with Crippen molar-refractivity contribution in [2.75, 3.05) is 0 Å². The fourth-order valence-corrected chi connectivity index (χ4v) is 3.22. The fourth-order valence-electron chi connectivity index (χ4n) is 1.96. The Kier molecular flexibility index (Phi) is 2.88. The first-order valence-electron chi connectivity index (χ1n) is 5.38. The first-order valence-corrected chi connectivity index (χ1v) is 6.20. The molecule has 0 amide bonds. The second-order valence-electron chi connectivity index (χ2n) is 4.51. The number of hydrogen-bond donors (Lipinski definition) is 1. The van der Waals surface area contributed by atoms with Crippen molar-refractivity contribution in [3.05, 3.63) is 15.6 Å². The summed E-state index contributed by atoms with van der Waals surface area (Å²) in [7, 11) is 0. The number of nitrogens with zero attached hydrogens (tertiary/aromatic N) is 1. The summed E-state index contributed by atoms with van der Waals surface area (Å²) in [6.07, 6.45) is 4.66. The summed E-state index contributed by atoms with van der Waals surface area (Å²) in [5.41, 5.74) is 7.13. The molecule has 0 saturated carbocycles. The highest BCUT2D eigenvalue weighted by atomic mass is 32.1. The number of thiazole rings is 1. The lowest BCUT2D eigenvalue weighted by Gasteiger charge is -2.15. The van der Waals surface area contributed by atoms with E-state index in [-0.39, 0.29) is 6.04 Å². The van der Waals surface area contributed by atoms with E-state index in [0.717, 1.165) is 12.3 Å². The zero-order valence-electron chi connectivity index (χ0n) is 8.92. The second-order valence-corrected chi connectivity index (χ2v) is 5.68. The van der Waals surface area contributed by atoms with Gasteiger partial charge in [-0.25, -0.2) is 4.98 Å². The van der Waals surface area contributed by atoms with Gasteiger partial charge in [0.05, 0.1) is 10.7 Å². The monoisotopic (exact) mass is 210 g/mol. The lowest BCUT2D eigenvalue weighted by atomic mass is 9.93. The molecule has 0 fully saturated rings. The number of nitrogens with two attached hydrogens (primary N) is 1. The predicted octanol–water partition coefficient (Wildman–Crippen LogP) is 2.16. The quantitative estimate of drug-likeness (QED) is 0.812. The van der Waals surface area contributed by atoms with E-state index in [1.54, 1.807) is 0 Å². The molecule has 1 aliphatic carbocycles. The molecule has 3 heteroatoms. The minimum absolute atomic E-state index is 0.236. The number of fused-ring (bicyclic) bond motifs is 1. The Morgan fingerprint density at radius 3 is 3.14 bits per heavy atom. The number of rotatable bonds is 2. The molecule has 1 aromatic heterocycles. The van der Waals surface area contributed by atoms with E-state index in [4.69, 9.17) is 5.73 Å². The first kappa shape index (κ1) is 10.1. The van der Waals surface area contributed by atoms with Crippen molar-refractivity contribution in [1.29, 1.82) is 0 Å². The molecule has 2 N–H and O–H groups in total. The van der Waals surface area contributed by atoms with Gasteiger partial charge in [0.25, 0.3) is 0 Å². The van der Waals surface area contributed by atoms with E-state index in [2.05, 4.69) is 11.9 Å². The van der Waals surface area contributed by atoms with E-state index in [9.17, 15) is 0 Å². The first-order chi connectivity index (χ1) is 6.65. The maximum absolute atomic E-state index is 5.78. The van der Waals surface area contributed by atoms with Crippen LogP contribution in [0.1, 0.15) is 35.8 Å². The summed E-state index contributed by atoms with van der Waals surface area (Å²) in [4.78, 5) is 6.19. The molecular weight excluding hydrogens is 192 g/mol. The molecule has 0 radical (unpaired) electrons. The van der Waals surface area contributed by atoms with Gasteiger partial charge in [-0.05, 0) is 32.1 Å². The standard InChI is InChI=1S/C11H18N2S/c1-7-3-4-10-9(5-7)13-11(14-10)6-8(2)12/h7-8H,3-6,12H2,1-2H3. The Morgan fingerprint density at radius 1 is 1.64 bits per heavy atom. The fraction of sp³-hybridized carbons (Fsp3) is 0.727. The van der Waals surface area contributed by atoms with Crippen LogP contribution in [0.15, 0.2) is 0 Å². The molecule has 2 nitrogen and oxygen atoms in total. The number of aryl methyl sites for hydroxylation is 1. The van der Waals surface area contributed by atoms with Gasteiger partial charge < -0.3 is 5.73 Å². The largest absolute Gasteiger partial charge is 0.328 e. The molecular formula is C11H18N2S. The minimum Gasteiger partial charge on any atom is -0.328 e. The van der Waals surface area contributed by atoms with Crippen molar-refractivity contribution in [2.24, 2.45) is 11.7 Å². The molecule has 0 spiro atoms. The molecule has 78 valence electrons. The lowest BCUT2D eigenvalue weighted by Crippen LogP contribution is -2.17. The highest BCUT2D eigenvalue weighted by Crippen LogP contribution is 2.29. The zero-order chi connectivity index (χ0) is 10.1. The van der Waals surface area contributed by atoms with Crippen LogP contribution in [0, 0.1) is 5.92 Å². The molecule has 2 unspecified atom stereocenters. The Morgan fingerprint density at radius 2 is 2.43 bits per heavy atom. The Bertz CT molecular complexity index is 317. The van der Waals surface area contributed by atoms with Crippen LogP contribution in [0.25, 0.3) is 0 Å². The van der Waals surface area contributed by atoms with Crippen molar-refractivity contribution in [2.45, 2.75) is 45.6 Å². The highest BCUT2D eigenvalue weighted by molar-refractivity contribution is 7.11. The third-order valence-corrected chi connectivity index (χ3v) is 3.90. The van der Waals surface area contributed by atoms with Gasteiger partial charge in [-0.1, -0.05) is 6.92 Å². The van der Waals surface area contributed by atoms with Crippen LogP contribution in [0.2, 0.25) is 0 Å². The number of hydrogen-bond acceptors (Lipinski definition) is 3. The van der Waals surface area contributed by atoms with E-state index in [1.807, 2.05) is 18.3 Å². The van der Waals surface area contributed by atoms with Crippen molar-refractivity contribution in [3.8, 4) is 0 Å². The van der Waals surface area contributed by atoms with Crippen molar-refractivity contribution in [1.82, 2.24) is 4.98 Å². The summed E-state index contributed by atoms with van der Waals surface area (Å²) >= 11 is 1.87. The van der Waals surface area contributed by atoms with Gasteiger partial charge in [0, 0.05) is 17.3 Å². The zero-order valence-corrected chi connectivity index (χ0v) is 9.73. The molecule has 0 bridgehead atoms. The molecule has 2 atom stereocenters. The lowest BCUT2D eigenvalue weighted by molar-refractivity contribution is 0.498. The smallest absolute Gasteiger partial charge is 0.0946 e. The topological polar surface area (TPSA) is 38.9 Å². The van der Waals surface area contributed by atoms with Gasteiger partial charge in [-0.2, -0.15) is 0 Å². The average molecular weight is 210 g/mol.